The number of rotatable bonds is 3. The molecule has 2 atom stereocenters. The van der Waals surface area contributed by atoms with Gasteiger partial charge in [-0.1, -0.05) is 40.2 Å². The lowest BCUT2D eigenvalue weighted by Gasteiger charge is -2.23. The van der Waals surface area contributed by atoms with Gasteiger partial charge in [-0.05, 0) is 43.9 Å². The average Bonchev–Trinajstić information content (AvgIpc) is 2.31. The summed E-state index contributed by atoms with van der Waals surface area (Å²) < 4.78 is 1.14. The normalized spacial score (nSPS) is 22.0. The number of hydrogen-bond donors (Lipinski definition) is 1. The van der Waals surface area contributed by atoms with Gasteiger partial charge in [-0.3, -0.25) is 0 Å². The molecule has 2 heteroatoms. The summed E-state index contributed by atoms with van der Waals surface area (Å²) in [6.45, 7) is 2.23. The summed E-state index contributed by atoms with van der Waals surface area (Å²) in [7, 11) is 0. The number of allylic oxidation sites excluding steroid dienone is 1. The monoisotopic (exact) mass is 279 g/mol. The smallest absolute Gasteiger partial charge is 0.0297 e. The summed E-state index contributed by atoms with van der Waals surface area (Å²) in [5.41, 5.74) is 1.35. The molecule has 0 radical (unpaired) electrons. The summed E-state index contributed by atoms with van der Waals surface area (Å²) in [5, 5.41) is 3.65. The van der Waals surface area contributed by atoms with E-state index in [9.17, 15) is 0 Å². The third kappa shape index (κ3) is 3.19. The van der Waals surface area contributed by atoms with Gasteiger partial charge in [0.25, 0.3) is 0 Å². The van der Waals surface area contributed by atoms with Gasteiger partial charge in [-0.2, -0.15) is 0 Å². The highest BCUT2D eigenvalue weighted by Gasteiger charge is 2.12. The van der Waals surface area contributed by atoms with Crippen LogP contribution >= 0.6 is 15.9 Å². The van der Waals surface area contributed by atoms with Gasteiger partial charge in [0.1, 0.15) is 0 Å². The predicted octanol–water partition coefficient (Wildman–Crippen LogP) is 4.21. The van der Waals surface area contributed by atoms with Crippen LogP contribution in [0.15, 0.2) is 40.9 Å². The Labute approximate surface area is 106 Å². The molecule has 2 rings (SSSR count). The Kier molecular flexibility index (Phi) is 4.19. The Morgan fingerprint density at radius 2 is 2.06 bits per heavy atom. The van der Waals surface area contributed by atoms with E-state index in [2.05, 4.69) is 64.6 Å². The Hall–Kier alpha value is -0.600. The summed E-state index contributed by atoms with van der Waals surface area (Å²) in [6, 6.07) is 9.52. The number of hydrogen-bond acceptors (Lipinski definition) is 1. The molecule has 16 heavy (non-hydrogen) atoms. The SMILES string of the molecule is C[C@@H](NC1C=CCCC1)c1ccc(Br)cc1. The van der Waals surface area contributed by atoms with E-state index < -0.39 is 0 Å². The van der Waals surface area contributed by atoms with Gasteiger partial charge in [0.2, 0.25) is 0 Å². The molecule has 0 amide bonds. The fourth-order valence-corrected chi connectivity index (χ4v) is 2.38. The van der Waals surface area contributed by atoms with Gasteiger partial charge in [0.05, 0.1) is 0 Å². The van der Waals surface area contributed by atoms with Gasteiger partial charge in [-0.15, -0.1) is 0 Å². The highest BCUT2D eigenvalue weighted by atomic mass is 79.9. The maximum atomic E-state index is 3.65. The third-order valence-corrected chi connectivity index (χ3v) is 3.62. The van der Waals surface area contributed by atoms with Crippen molar-refractivity contribution in [2.75, 3.05) is 0 Å². The van der Waals surface area contributed by atoms with Crippen molar-refractivity contribution in [3.05, 3.63) is 46.5 Å². The molecule has 1 unspecified atom stereocenters. The Morgan fingerprint density at radius 1 is 1.31 bits per heavy atom. The van der Waals surface area contributed by atoms with Crippen LogP contribution in [0.3, 0.4) is 0 Å². The molecule has 86 valence electrons. The van der Waals surface area contributed by atoms with Crippen molar-refractivity contribution in [2.45, 2.75) is 38.3 Å². The first-order valence-electron chi connectivity index (χ1n) is 5.94. The van der Waals surface area contributed by atoms with E-state index in [0.717, 1.165) is 4.47 Å². The average molecular weight is 280 g/mol. The van der Waals surface area contributed by atoms with E-state index in [0.29, 0.717) is 12.1 Å². The maximum absolute atomic E-state index is 3.65. The van der Waals surface area contributed by atoms with Crippen LogP contribution in [0.5, 0.6) is 0 Å². The molecular formula is C14H18BrN. The first-order valence-corrected chi connectivity index (χ1v) is 6.73. The maximum Gasteiger partial charge on any atom is 0.0297 e. The number of nitrogens with one attached hydrogen (secondary N) is 1. The molecule has 0 aromatic heterocycles. The van der Waals surface area contributed by atoms with Crippen molar-refractivity contribution in [1.29, 1.82) is 0 Å². The minimum atomic E-state index is 0.417. The molecule has 0 saturated heterocycles. The first-order chi connectivity index (χ1) is 7.75. The van der Waals surface area contributed by atoms with Gasteiger partial charge in [0.15, 0.2) is 0 Å². The molecule has 1 aromatic carbocycles. The lowest BCUT2D eigenvalue weighted by molar-refractivity contribution is 0.467. The number of benzene rings is 1. The zero-order chi connectivity index (χ0) is 11.4. The lowest BCUT2D eigenvalue weighted by atomic mass is 10.0. The van der Waals surface area contributed by atoms with E-state index in [1.807, 2.05) is 0 Å². The second-order valence-corrected chi connectivity index (χ2v) is 5.32. The van der Waals surface area contributed by atoms with Gasteiger partial charge in [-0.25, -0.2) is 0 Å². The third-order valence-electron chi connectivity index (χ3n) is 3.09. The van der Waals surface area contributed by atoms with Crippen LogP contribution in [0.1, 0.15) is 37.8 Å². The van der Waals surface area contributed by atoms with Crippen molar-refractivity contribution in [3.8, 4) is 0 Å². The minimum Gasteiger partial charge on any atom is -0.304 e. The zero-order valence-electron chi connectivity index (χ0n) is 9.62. The van der Waals surface area contributed by atoms with E-state index in [-0.39, 0.29) is 0 Å². The fourth-order valence-electron chi connectivity index (χ4n) is 2.12. The van der Waals surface area contributed by atoms with Crippen LogP contribution in [-0.4, -0.2) is 6.04 Å². The summed E-state index contributed by atoms with van der Waals surface area (Å²) >= 11 is 3.46. The van der Waals surface area contributed by atoms with Crippen molar-refractivity contribution < 1.29 is 0 Å². The van der Waals surface area contributed by atoms with Crippen LogP contribution in [0, 0.1) is 0 Å². The molecule has 1 N–H and O–H groups in total. The van der Waals surface area contributed by atoms with Crippen molar-refractivity contribution >= 4 is 15.9 Å². The molecule has 0 heterocycles. The van der Waals surface area contributed by atoms with Gasteiger partial charge >= 0.3 is 0 Å². The number of halogens is 1. The van der Waals surface area contributed by atoms with E-state index in [1.54, 1.807) is 0 Å². The molecule has 0 spiro atoms. The van der Waals surface area contributed by atoms with Gasteiger partial charge < -0.3 is 5.32 Å². The Morgan fingerprint density at radius 3 is 2.69 bits per heavy atom. The van der Waals surface area contributed by atoms with Crippen molar-refractivity contribution in [3.63, 3.8) is 0 Å². The van der Waals surface area contributed by atoms with Crippen LogP contribution in [-0.2, 0) is 0 Å². The summed E-state index contributed by atoms with van der Waals surface area (Å²) in [5.74, 6) is 0. The van der Waals surface area contributed by atoms with E-state index in [1.165, 1.54) is 24.8 Å². The standard InChI is InChI=1S/C14H18BrN/c1-11(12-7-9-13(15)10-8-12)16-14-5-3-2-4-6-14/h3,5,7-11,14,16H,2,4,6H2,1H3/t11-,14?/m1/s1. The predicted molar refractivity (Wildman–Crippen MR) is 72.5 cm³/mol. The molecule has 1 aromatic rings. The lowest BCUT2D eigenvalue weighted by Crippen LogP contribution is -2.30. The highest BCUT2D eigenvalue weighted by Crippen LogP contribution is 2.19. The van der Waals surface area contributed by atoms with Crippen molar-refractivity contribution in [1.82, 2.24) is 5.32 Å². The van der Waals surface area contributed by atoms with Crippen LogP contribution in [0.4, 0.5) is 0 Å². The molecule has 1 nitrogen and oxygen atoms in total. The summed E-state index contributed by atoms with van der Waals surface area (Å²) in [4.78, 5) is 0. The second-order valence-electron chi connectivity index (χ2n) is 4.41. The highest BCUT2D eigenvalue weighted by molar-refractivity contribution is 9.10. The Balaban J connectivity index is 1.96. The van der Waals surface area contributed by atoms with Crippen LogP contribution in [0.25, 0.3) is 0 Å². The molecule has 0 fully saturated rings. The largest absolute Gasteiger partial charge is 0.304 e. The second kappa shape index (κ2) is 5.65. The summed E-state index contributed by atoms with van der Waals surface area (Å²) in [6.07, 6.45) is 8.40. The van der Waals surface area contributed by atoms with E-state index >= 15 is 0 Å². The zero-order valence-corrected chi connectivity index (χ0v) is 11.2. The van der Waals surface area contributed by atoms with Crippen LogP contribution in [0.2, 0.25) is 0 Å². The quantitative estimate of drug-likeness (QED) is 0.818. The fraction of sp³-hybridized carbons (Fsp3) is 0.429. The Bertz CT molecular complexity index is 356. The molecular weight excluding hydrogens is 262 g/mol. The molecule has 0 bridgehead atoms. The van der Waals surface area contributed by atoms with E-state index in [4.69, 9.17) is 0 Å². The molecule has 0 saturated carbocycles. The van der Waals surface area contributed by atoms with Crippen molar-refractivity contribution in [2.24, 2.45) is 0 Å². The first kappa shape index (κ1) is 11.9. The minimum absolute atomic E-state index is 0.417. The topological polar surface area (TPSA) is 12.0 Å². The molecule has 0 aliphatic heterocycles. The van der Waals surface area contributed by atoms with Crippen LogP contribution < -0.4 is 5.32 Å². The molecule has 1 aliphatic carbocycles. The molecule has 1 aliphatic rings. The van der Waals surface area contributed by atoms with Gasteiger partial charge in [0, 0.05) is 16.6 Å².